The number of alkyl halides is 1. The molecule has 39 valence electrons. The van der Waals surface area contributed by atoms with Crippen LogP contribution in [0.3, 0.4) is 0 Å². The van der Waals surface area contributed by atoms with Crippen molar-refractivity contribution < 1.29 is 0 Å². The van der Waals surface area contributed by atoms with Gasteiger partial charge in [-0.25, -0.2) is 0 Å². The maximum Gasteiger partial charge on any atom is 0.105 e. The summed E-state index contributed by atoms with van der Waals surface area (Å²) in [6.07, 6.45) is 2.69. The predicted octanol–water partition coefficient (Wildman–Crippen LogP) is 0.402. The van der Waals surface area contributed by atoms with Gasteiger partial charge in [-0.15, -0.1) is 11.6 Å². The minimum absolute atomic E-state index is 0.00463. The van der Waals surface area contributed by atoms with Crippen LogP contribution in [0.5, 0.6) is 0 Å². The van der Waals surface area contributed by atoms with Crippen molar-refractivity contribution in [3.8, 4) is 0 Å². The second-order valence-electron chi connectivity index (χ2n) is 1.54. The van der Waals surface area contributed by atoms with Crippen LogP contribution in [-0.4, -0.2) is 30.2 Å². The van der Waals surface area contributed by atoms with E-state index in [-0.39, 0.29) is 5.38 Å². The third kappa shape index (κ3) is 1.06. The zero-order valence-corrected chi connectivity index (χ0v) is 4.81. The second-order valence-corrected chi connectivity index (χ2v) is 2.06. The van der Waals surface area contributed by atoms with Gasteiger partial charge in [0, 0.05) is 7.05 Å². The smallest absolute Gasteiger partial charge is 0.105 e. The summed E-state index contributed by atoms with van der Waals surface area (Å²) in [6.45, 7) is 0.793. The lowest BCUT2D eigenvalue weighted by atomic mass is 10.5. The number of hydrogen-bond acceptors (Lipinski definition) is 2. The van der Waals surface area contributed by atoms with Gasteiger partial charge in [0.1, 0.15) is 6.21 Å². The molecule has 1 atom stereocenters. The number of halogens is 1. The zero-order chi connectivity index (χ0) is 5.28. The van der Waals surface area contributed by atoms with Crippen molar-refractivity contribution in [2.24, 2.45) is 5.10 Å². The first kappa shape index (κ1) is 4.91. The summed E-state index contributed by atoms with van der Waals surface area (Å²) < 4.78 is 0. The van der Waals surface area contributed by atoms with Crippen LogP contribution in [0, 0.1) is 0 Å². The number of nitrogens with zero attached hydrogens (tertiary/aromatic N) is 2. The average Bonchev–Trinajstić information content (AvgIpc) is 1.87. The normalized spacial score (nSPS) is 29.4. The zero-order valence-electron chi connectivity index (χ0n) is 4.06. The molecule has 0 fully saturated rings. The molecule has 0 amide bonds. The monoisotopic (exact) mass is 117 g/mol. The average molecular weight is 118 g/mol. The van der Waals surface area contributed by atoms with Crippen molar-refractivity contribution in [3.05, 3.63) is 0 Å². The number of rotatable bonds is 0. The molecule has 1 aliphatic rings. The molecule has 0 spiro atoms. The summed E-state index contributed by atoms with van der Waals surface area (Å²) in [4.78, 5) is 0. The summed E-state index contributed by atoms with van der Waals surface area (Å²) >= 11 is 5.56. The Hall–Kier alpha value is -0.240. The molecule has 0 saturated carbocycles. The summed E-state index contributed by atoms with van der Waals surface area (Å²) in [5.74, 6) is 0. The van der Waals surface area contributed by atoms with Crippen molar-refractivity contribution in [3.63, 3.8) is 0 Å². The van der Waals surface area contributed by atoms with Crippen molar-refractivity contribution in [1.82, 2.24) is 5.01 Å². The lowest BCUT2D eigenvalue weighted by Crippen LogP contribution is -2.12. The Morgan fingerprint density at radius 2 is 2.71 bits per heavy atom. The fourth-order valence-corrected chi connectivity index (χ4v) is 0.718. The van der Waals surface area contributed by atoms with E-state index in [2.05, 4.69) is 11.3 Å². The summed E-state index contributed by atoms with van der Waals surface area (Å²) in [5.41, 5.74) is 0. The second kappa shape index (κ2) is 1.70. The van der Waals surface area contributed by atoms with Crippen LogP contribution in [0.1, 0.15) is 0 Å². The lowest BCUT2D eigenvalue weighted by Gasteiger charge is -2.02. The molecule has 1 radical (unpaired) electrons. The van der Waals surface area contributed by atoms with E-state index in [9.17, 15) is 0 Å². The van der Waals surface area contributed by atoms with E-state index >= 15 is 0 Å². The largest absolute Gasteiger partial charge is 0.298 e. The van der Waals surface area contributed by atoms with Gasteiger partial charge in [-0.2, -0.15) is 5.10 Å². The molecule has 0 N–H and O–H groups in total. The van der Waals surface area contributed by atoms with E-state index in [1.807, 2.05) is 7.05 Å². The van der Waals surface area contributed by atoms with Gasteiger partial charge in [0.2, 0.25) is 0 Å². The molecular weight excluding hydrogens is 112 g/mol. The summed E-state index contributed by atoms with van der Waals surface area (Å²) in [6, 6.07) is 0. The van der Waals surface area contributed by atoms with Crippen molar-refractivity contribution in [2.45, 2.75) is 5.38 Å². The van der Waals surface area contributed by atoms with Gasteiger partial charge in [-0.3, -0.25) is 5.01 Å². The minimum atomic E-state index is 0.00463. The SMILES string of the molecule is CN1CC(Cl)[C]=N1. The van der Waals surface area contributed by atoms with E-state index in [1.165, 1.54) is 0 Å². The van der Waals surface area contributed by atoms with Crippen LogP contribution in [0.15, 0.2) is 5.10 Å². The Kier molecular flexibility index (Phi) is 1.19. The maximum absolute atomic E-state index is 5.56. The van der Waals surface area contributed by atoms with Gasteiger partial charge in [0.05, 0.1) is 11.9 Å². The van der Waals surface area contributed by atoms with E-state index in [0.29, 0.717) is 0 Å². The van der Waals surface area contributed by atoms with Crippen LogP contribution in [0.2, 0.25) is 0 Å². The van der Waals surface area contributed by atoms with Crippen LogP contribution in [0.4, 0.5) is 0 Å². The van der Waals surface area contributed by atoms with E-state index in [1.54, 1.807) is 5.01 Å². The summed E-state index contributed by atoms with van der Waals surface area (Å²) in [7, 11) is 1.87. The molecule has 0 aromatic rings. The van der Waals surface area contributed by atoms with Crippen LogP contribution < -0.4 is 0 Å². The fraction of sp³-hybridized carbons (Fsp3) is 0.750. The number of hydrazone groups is 1. The van der Waals surface area contributed by atoms with Gasteiger partial charge in [-0.1, -0.05) is 0 Å². The molecule has 0 aromatic heterocycles. The van der Waals surface area contributed by atoms with Crippen molar-refractivity contribution in [2.75, 3.05) is 13.6 Å². The molecule has 0 bridgehead atoms. The highest BCUT2D eigenvalue weighted by atomic mass is 35.5. The molecule has 1 rings (SSSR count). The Bertz CT molecular complexity index is 81.7. The topological polar surface area (TPSA) is 15.6 Å². The molecular formula is C4H6ClN2. The third-order valence-corrected chi connectivity index (χ3v) is 1.03. The first-order valence-corrected chi connectivity index (χ1v) is 2.54. The molecule has 2 nitrogen and oxygen atoms in total. The quantitative estimate of drug-likeness (QED) is 0.420. The first-order chi connectivity index (χ1) is 3.29. The van der Waals surface area contributed by atoms with Crippen molar-refractivity contribution >= 4 is 17.8 Å². The molecule has 0 aromatic carbocycles. The molecule has 7 heavy (non-hydrogen) atoms. The Labute approximate surface area is 47.8 Å². The maximum atomic E-state index is 5.56. The van der Waals surface area contributed by atoms with E-state index in [4.69, 9.17) is 11.6 Å². The molecule has 1 aliphatic heterocycles. The molecule has 1 unspecified atom stereocenters. The molecule has 1 heterocycles. The van der Waals surface area contributed by atoms with Crippen LogP contribution in [-0.2, 0) is 0 Å². The highest BCUT2D eigenvalue weighted by molar-refractivity contribution is 6.28. The summed E-state index contributed by atoms with van der Waals surface area (Å²) in [5, 5.41) is 5.53. The minimum Gasteiger partial charge on any atom is -0.298 e. The first-order valence-electron chi connectivity index (χ1n) is 2.10. The highest BCUT2D eigenvalue weighted by Gasteiger charge is 2.10. The van der Waals surface area contributed by atoms with E-state index < -0.39 is 0 Å². The van der Waals surface area contributed by atoms with Crippen LogP contribution in [0.25, 0.3) is 0 Å². The van der Waals surface area contributed by atoms with Crippen LogP contribution >= 0.6 is 11.6 Å². The highest BCUT2D eigenvalue weighted by Crippen LogP contribution is 2.02. The fourth-order valence-electron chi connectivity index (χ4n) is 0.475. The van der Waals surface area contributed by atoms with Gasteiger partial charge in [0.15, 0.2) is 0 Å². The van der Waals surface area contributed by atoms with Crippen molar-refractivity contribution in [1.29, 1.82) is 0 Å². The predicted molar refractivity (Wildman–Crippen MR) is 29.7 cm³/mol. The number of hydrogen-bond donors (Lipinski definition) is 0. The van der Waals surface area contributed by atoms with Gasteiger partial charge >= 0.3 is 0 Å². The molecule has 3 heteroatoms. The third-order valence-electron chi connectivity index (χ3n) is 0.793. The van der Waals surface area contributed by atoms with Gasteiger partial charge in [0.25, 0.3) is 0 Å². The van der Waals surface area contributed by atoms with Gasteiger partial charge in [-0.05, 0) is 0 Å². The van der Waals surface area contributed by atoms with Gasteiger partial charge < -0.3 is 0 Å². The molecule has 0 saturated heterocycles. The van der Waals surface area contributed by atoms with E-state index in [0.717, 1.165) is 6.54 Å². The Balaban J connectivity index is 2.42. The Morgan fingerprint density at radius 1 is 2.00 bits per heavy atom. The Morgan fingerprint density at radius 3 is 2.86 bits per heavy atom. The standard InChI is InChI=1S/C4H6ClN2/c1-7-3-4(5)2-6-7/h4H,3H2,1H3. The molecule has 0 aliphatic carbocycles. The lowest BCUT2D eigenvalue weighted by molar-refractivity contribution is 0.394.